The van der Waals surface area contributed by atoms with E-state index in [0.717, 1.165) is 21.9 Å². The van der Waals surface area contributed by atoms with Crippen LogP contribution in [0.5, 0.6) is 0 Å². The number of sulfonamides is 1. The van der Waals surface area contributed by atoms with Gasteiger partial charge in [-0.15, -0.1) is 0 Å². The molecule has 0 saturated carbocycles. The lowest BCUT2D eigenvalue weighted by molar-refractivity contribution is -0.114. The number of aromatic nitrogens is 2. The van der Waals surface area contributed by atoms with E-state index in [1.165, 1.54) is 4.68 Å². The molecule has 0 atom stereocenters. The van der Waals surface area contributed by atoms with Crippen molar-refractivity contribution < 1.29 is 13.2 Å². The maximum atomic E-state index is 13.8. The van der Waals surface area contributed by atoms with Crippen LogP contribution in [0.2, 0.25) is 0 Å². The summed E-state index contributed by atoms with van der Waals surface area (Å²) in [7, 11) is -2.33. The van der Waals surface area contributed by atoms with E-state index in [1.807, 2.05) is 36.4 Å². The second-order valence-electron chi connectivity index (χ2n) is 8.48. The Morgan fingerprint density at radius 2 is 1.67 bits per heavy atom. The lowest BCUT2D eigenvalue weighted by Crippen LogP contribution is -2.38. The maximum Gasteiger partial charge on any atom is 0.268 e. The largest absolute Gasteiger partial charge is 0.325 e. The molecule has 0 spiro atoms. The van der Waals surface area contributed by atoms with E-state index in [0.29, 0.717) is 28.7 Å². The van der Waals surface area contributed by atoms with Crippen LogP contribution in [0.3, 0.4) is 0 Å². The van der Waals surface area contributed by atoms with Crippen LogP contribution in [0.25, 0.3) is 0 Å². The predicted octanol–water partition coefficient (Wildman–Crippen LogP) is 4.56. The molecule has 1 heterocycles. The average molecular weight is 469 g/mol. The van der Waals surface area contributed by atoms with Crippen molar-refractivity contribution in [2.24, 2.45) is 7.05 Å². The zero-order chi connectivity index (χ0) is 24.3. The van der Waals surface area contributed by atoms with Crippen LogP contribution in [0.4, 0.5) is 11.4 Å². The van der Waals surface area contributed by atoms with Gasteiger partial charge in [0.25, 0.3) is 10.0 Å². The van der Waals surface area contributed by atoms with Crippen LogP contribution in [-0.2, 0) is 28.3 Å². The lowest BCUT2D eigenvalue weighted by Gasteiger charge is -2.25. The van der Waals surface area contributed by atoms with Gasteiger partial charge >= 0.3 is 0 Å². The first-order valence-corrected chi connectivity index (χ1v) is 12.5. The topological polar surface area (TPSA) is 84.3 Å². The molecule has 0 radical (unpaired) electrons. The second kappa shape index (κ2) is 9.79. The van der Waals surface area contributed by atoms with Crippen molar-refractivity contribution in [1.82, 2.24) is 9.78 Å². The minimum absolute atomic E-state index is 0.123. The molecular formula is C25H32N4O3S. The number of hydrogen-bond donors (Lipinski definition) is 1. The Balaban J connectivity index is 1.98. The standard InChI is InChI=1S/C25H32N4O3S/c1-7-20-8-12-22(13-9-20)26-24(30)16-29(23-14-10-21(11-15-23)17(2)3)33(31,32)25-18(4)27-28(6)19(25)5/h8-15,17H,7,16H2,1-6H3,(H,26,30). The zero-order valence-corrected chi connectivity index (χ0v) is 20.9. The molecule has 0 aliphatic rings. The van der Waals surface area contributed by atoms with Crippen molar-refractivity contribution in [1.29, 1.82) is 0 Å². The van der Waals surface area contributed by atoms with Gasteiger partial charge in [-0.2, -0.15) is 5.10 Å². The summed E-state index contributed by atoms with van der Waals surface area (Å²) in [6.45, 7) is 9.22. The van der Waals surface area contributed by atoms with Gasteiger partial charge in [0.15, 0.2) is 0 Å². The molecule has 176 valence electrons. The molecule has 0 unspecified atom stereocenters. The second-order valence-corrected chi connectivity index (χ2v) is 10.3. The summed E-state index contributed by atoms with van der Waals surface area (Å²) in [6.07, 6.45) is 0.899. The minimum atomic E-state index is -4.04. The molecule has 0 aliphatic heterocycles. The van der Waals surface area contributed by atoms with E-state index in [1.54, 1.807) is 33.0 Å². The lowest BCUT2D eigenvalue weighted by atomic mass is 10.0. The van der Waals surface area contributed by atoms with E-state index < -0.39 is 15.9 Å². The monoisotopic (exact) mass is 468 g/mol. The number of carbonyl (C=O) groups excluding carboxylic acids is 1. The fraction of sp³-hybridized carbons (Fsp3) is 0.360. The summed E-state index contributed by atoms with van der Waals surface area (Å²) in [6, 6.07) is 14.8. The highest BCUT2D eigenvalue weighted by Crippen LogP contribution is 2.29. The molecule has 0 saturated heterocycles. The first-order chi connectivity index (χ1) is 15.5. The van der Waals surface area contributed by atoms with E-state index in [-0.39, 0.29) is 11.4 Å². The normalized spacial score (nSPS) is 11.6. The van der Waals surface area contributed by atoms with Gasteiger partial charge in [0.1, 0.15) is 11.4 Å². The van der Waals surface area contributed by atoms with Crippen LogP contribution in [0.1, 0.15) is 49.2 Å². The number of carbonyl (C=O) groups is 1. The van der Waals surface area contributed by atoms with Crippen LogP contribution in [-0.4, -0.2) is 30.7 Å². The van der Waals surface area contributed by atoms with Crippen molar-refractivity contribution in [2.75, 3.05) is 16.2 Å². The van der Waals surface area contributed by atoms with Crippen LogP contribution < -0.4 is 9.62 Å². The summed E-state index contributed by atoms with van der Waals surface area (Å²) in [4.78, 5) is 13.1. The number of rotatable bonds is 8. The Morgan fingerprint density at radius 1 is 1.06 bits per heavy atom. The molecule has 0 fully saturated rings. The summed E-state index contributed by atoms with van der Waals surface area (Å²) < 4.78 is 30.2. The number of benzene rings is 2. The minimum Gasteiger partial charge on any atom is -0.325 e. The Hall–Kier alpha value is -3.13. The molecule has 33 heavy (non-hydrogen) atoms. The maximum absolute atomic E-state index is 13.8. The van der Waals surface area contributed by atoms with Crippen molar-refractivity contribution in [3.05, 3.63) is 71.0 Å². The van der Waals surface area contributed by atoms with Gasteiger partial charge in [-0.25, -0.2) is 8.42 Å². The van der Waals surface area contributed by atoms with Crippen LogP contribution in [0, 0.1) is 13.8 Å². The molecule has 3 rings (SSSR count). The first-order valence-electron chi connectivity index (χ1n) is 11.1. The molecule has 3 aromatic rings. The van der Waals surface area contributed by atoms with Gasteiger partial charge in [0.05, 0.1) is 17.1 Å². The molecular weight excluding hydrogens is 436 g/mol. The Morgan fingerprint density at radius 3 is 2.15 bits per heavy atom. The number of nitrogens with zero attached hydrogens (tertiary/aromatic N) is 3. The molecule has 8 heteroatoms. The highest BCUT2D eigenvalue weighted by Gasteiger charge is 2.32. The molecule has 1 aromatic heterocycles. The quantitative estimate of drug-likeness (QED) is 0.525. The smallest absolute Gasteiger partial charge is 0.268 e. The molecule has 1 N–H and O–H groups in total. The van der Waals surface area contributed by atoms with Gasteiger partial charge < -0.3 is 5.32 Å². The number of anilines is 2. The van der Waals surface area contributed by atoms with E-state index in [2.05, 4.69) is 31.2 Å². The van der Waals surface area contributed by atoms with Gasteiger partial charge in [-0.3, -0.25) is 13.8 Å². The summed E-state index contributed by atoms with van der Waals surface area (Å²) in [5.74, 6) is -0.115. The van der Waals surface area contributed by atoms with Crippen LogP contribution in [0.15, 0.2) is 53.4 Å². The zero-order valence-electron chi connectivity index (χ0n) is 20.1. The van der Waals surface area contributed by atoms with Crippen molar-refractivity contribution in [3.8, 4) is 0 Å². The molecule has 2 aromatic carbocycles. The third kappa shape index (κ3) is 5.27. The summed E-state index contributed by atoms with van der Waals surface area (Å²) >= 11 is 0. The predicted molar refractivity (Wildman–Crippen MR) is 132 cm³/mol. The molecule has 0 bridgehead atoms. The van der Waals surface area contributed by atoms with E-state index >= 15 is 0 Å². The summed E-state index contributed by atoms with van der Waals surface area (Å²) in [5, 5.41) is 7.08. The average Bonchev–Trinajstić information content (AvgIpc) is 3.04. The number of aryl methyl sites for hydroxylation is 3. The molecule has 7 nitrogen and oxygen atoms in total. The van der Waals surface area contributed by atoms with Gasteiger partial charge in [-0.1, -0.05) is 45.0 Å². The van der Waals surface area contributed by atoms with Crippen molar-refractivity contribution in [3.63, 3.8) is 0 Å². The Labute approximate surface area is 196 Å². The number of nitrogens with one attached hydrogen (secondary N) is 1. The highest BCUT2D eigenvalue weighted by molar-refractivity contribution is 7.93. The Bertz CT molecular complexity index is 1230. The summed E-state index contributed by atoms with van der Waals surface area (Å²) in [5.41, 5.74) is 4.22. The fourth-order valence-electron chi connectivity index (χ4n) is 3.73. The first kappa shape index (κ1) is 24.5. The van der Waals surface area contributed by atoms with E-state index in [4.69, 9.17) is 0 Å². The number of amides is 1. The molecule has 0 aliphatic carbocycles. The van der Waals surface area contributed by atoms with Gasteiger partial charge in [-0.05, 0) is 61.6 Å². The fourth-order valence-corrected chi connectivity index (χ4v) is 5.56. The molecule has 1 amide bonds. The Kier molecular flexibility index (Phi) is 7.27. The van der Waals surface area contributed by atoms with Gasteiger partial charge in [0, 0.05) is 12.7 Å². The van der Waals surface area contributed by atoms with Crippen molar-refractivity contribution >= 4 is 27.3 Å². The van der Waals surface area contributed by atoms with E-state index in [9.17, 15) is 13.2 Å². The SMILES string of the molecule is CCc1ccc(NC(=O)CN(c2ccc(C(C)C)cc2)S(=O)(=O)c2c(C)nn(C)c2C)cc1. The van der Waals surface area contributed by atoms with Gasteiger partial charge in [0.2, 0.25) is 5.91 Å². The number of hydrogen-bond acceptors (Lipinski definition) is 4. The third-order valence-electron chi connectivity index (χ3n) is 5.77. The highest BCUT2D eigenvalue weighted by atomic mass is 32.2. The van der Waals surface area contributed by atoms with Crippen LogP contribution >= 0.6 is 0 Å². The van der Waals surface area contributed by atoms with Crippen molar-refractivity contribution in [2.45, 2.75) is 51.9 Å². The third-order valence-corrected chi connectivity index (χ3v) is 7.80.